The first-order valence-corrected chi connectivity index (χ1v) is 11.6. The number of para-hydroxylation sites is 1. The molecule has 2 aliphatic rings. The Bertz CT molecular complexity index is 1150. The quantitative estimate of drug-likeness (QED) is 0.483. The van der Waals surface area contributed by atoms with E-state index in [1.165, 1.54) is 5.69 Å². The molecule has 5 rings (SSSR count). The van der Waals surface area contributed by atoms with Gasteiger partial charge in [0, 0.05) is 35.9 Å². The molecule has 0 atom stereocenters. The van der Waals surface area contributed by atoms with Crippen LogP contribution in [0.5, 0.6) is 0 Å². The van der Waals surface area contributed by atoms with Crippen LogP contribution in [0.1, 0.15) is 34.3 Å². The number of likely N-dealkylation sites (tertiary alicyclic amines) is 1. The number of fused-ring (bicyclic) bond motifs is 1. The van der Waals surface area contributed by atoms with Gasteiger partial charge in [-0.25, -0.2) is 0 Å². The first-order chi connectivity index (χ1) is 15.6. The number of rotatable bonds is 3. The van der Waals surface area contributed by atoms with Crippen LogP contribution >= 0.6 is 23.2 Å². The maximum atomic E-state index is 13.0. The van der Waals surface area contributed by atoms with Crippen LogP contribution in [0.3, 0.4) is 0 Å². The van der Waals surface area contributed by atoms with Gasteiger partial charge in [0.25, 0.3) is 5.91 Å². The van der Waals surface area contributed by atoms with Crippen molar-refractivity contribution >= 4 is 40.5 Å². The zero-order chi connectivity index (χ0) is 22.1. The molecule has 2 heterocycles. The normalized spacial score (nSPS) is 16.5. The van der Waals surface area contributed by atoms with Crippen molar-refractivity contribution in [3.8, 4) is 0 Å². The van der Waals surface area contributed by atoms with Gasteiger partial charge in [-0.1, -0.05) is 77.8 Å². The monoisotopic (exact) mass is 463 g/mol. The van der Waals surface area contributed by atoms with Crippen molar-refractivity contribution in [1.29, 1.82) is 0 Å². The molecule has 2 aliphatic heterocycles. The summed E-state index contributed by atoms with van der Waals surface area (Å²) < 4.78 is 0. The van der Waals surface area contributed by atoms with Crippen LogP contribution in [0.4, 0.5) is 5.69 Å². The van der Waals surface area contributed by atoms with Gasteiger partial charge < -0.3 is 9.80 Å². The van der Waals surface area contributed by atoms with Crippen LogP contribution in [0.15, 0.2) is 77.8 Å². The number of aliphatic imine (C=N–C) groups is 1. The minimum absolute atomic E-state index is 0.0949. The van der Waals surface area contributed by atoms with E-state index in [2.05, 4.69) is 41.3 Å². The lowest BCUT2D eigenvalue weighted by Gasteiger charge is -2.41. The van der Waals surface area contributed by atoms with Crippen LogP contribution in [0, 0.1) is 0 Å². The van der Waals surface area contributed by atoms with E-state index in [-0.39, 0.29) is 5.91 Å². The van der Waals surface area contributed by atoms with E-state index in [1.807, 2.05) is 23.1 Å². The fourth-order valence-electron chi connectivity index (χ4n) is 4.63. The summed E-state index contributed by atoms with van der Waals surface area (Å²) in [4.78, 5) is 22.2. The highest BCUT2D eigenvalue weighted by molar-refractivity contribution is 6.39. The minimum atomic E-state index is -0.0949. The highest BCUT2D eigenvalue weighted by atomic mass is 35.5. The third kappa shape index (κ3) is 3.89. The number of amides is 1. The zero-order valence-corrected chi connectivity index (χ0v) is 19.1. The van der Waals surface area contributed by atoms with E-state index in [4.69, 9.17) is 28.2 Å². The van der Waals surface area contributed by atoms with Crippen molar-refractivity contribution in [2.24, 2.45) is 4.99 Å². The summed E-state index contributed by atoms with van der Waals surface area (Å²) in [6.07, 6.45) is 1.75. The third-order valence-corrected chi connectivity index (χ3v) is 6.90. The van der Waals surface area contributed by atoms with Crippen molar-refractivity contribution in [1.82, 2.24) is 4.90 Å². The van der Waals surface area contributed by atoms with Gasteiger partial charge in [-0.2, -0.15) is 0 Å². The molecular weight excluding hydrogens is 441 g/mol. The Morgan fingerprint density at radius 3 is 2.22 bits per heavy atom. The molecule has 0 aromatic heterocycles. The Hall–Kier alpha value is -2.82. The molecule has 0 N–H and O–H groups in total. The Morgan fingerprint density at radius 2 is 1.50 bits per heavy atom. The summed E-state index contributed by atoms with van der Waals surface area (Å²) in [7, 11) is 0. The van der Waals surface area contributed by atoms with Crippen LogP contribution in [-0.2, 0) is 0 Å². The number of halogens is 2. The van der Waals surface area contributed by atoms with Gasteiger partial charge in [0.05, 0.1) is 21.3 Å². The number of nitrogens with zero attached hydrogens (tertiary/aromatic N) is 3. The second-order valence-corrected chi connectivity index (χ2v) is 8.94. The van der Waals surface area contributed by atoms with Gasteiger partial charge in [-0.3, -0.25) is 9.79 Å². The van der Waals surface area contributed by atoms with E-state index in [1.54, 1.807) is 18.2 Å². The van der Waals surface area contributed by atoms with Gasteiger partial charge >= 0.3 is 0 Å². The van der Waals surface area contributed by atoms with Gasteiger partial charge in [-0.05, 0) is 31.0 Å². The Balaban J connectivity index is 1.34. The largest absolute Gasteiger partial charge is 0.348 e. The highest BCUT2D eigenvalue weighted by Gasteiger charge is 2.31. The highest BCUT2D eigenvalue weighted by Crippen LogP contribution is 2.33. The van der Waals surface area contributed by atoms with Crippen LogP contribution < -0.4 is 4.90 Å². The summed E-state index contributed by atoms with van der Waals surface area (Å²) in [5, 5.41) is 0.801. The molecule has 0 bridgehead atoms. The van der Waals surface area contributed by atoms with Crippen molar-refractivity contribution in [3.63, 3.8) is 0 Å². The molecular formula is C26H23Cl2N3O. The van der Waals surface area contributed by atoms with Gasteiger partial charge in [-0.15, -0.1) is 0 Å². The number of carbonyl (C=O) groups excluding carboxylic acids is 1. The topological polar surface area (TPSA) is 35.9 Å². The Labute approximate surface area is 198 Å². The van der Waals surface area contributed by atoms with E-state index < -0.39 is 0 Å². The molecule has 3 aromatic rings. The predicted molar refractivity (Wildman–Crippen MR) is 131 cm³/mol. The SMILES string of the molecule is O=C(c1c(Cl)cccc1Cl)N1CCC(N2CN=C(c3ccccc3)c3ccccc32)CC1. The molecule has 3 aromatic carbocycles. The number of anilines is 1. The predicted octanol–water partition coefficient (Wildman–Crippen LogP) is 5.91. The summed E-state index contributed by atoms with van der Waals surface area (Å²) in [5.74, 6) is -0.0949. The number of carbonyl (C=O) groups is 1. The maximum absolute atomic E-state index is 13.0. The lowest BCUT2D eigenvalue weighted by atomic mass is 9.95. The van der Waals surface area contributed by atoms with Gasteiger partial charge in [0.15, 0.2) is 0 Å². The fourth-order valence-corrected chi connectivity index (χ4v) is 5.19. The number of benzene rings is 3. The molecule has 0 aliphatic carbocycles. The standard InChI is InChI=1S/C26H23Cl2N3O/c27-21-10-6-11-22(28)24(21)26(32)30-15-13-19(14-16-30)31-17-29-25(18-7-2-1-3-8-18)20-9-4-5-12-23(20)31/h1-12,19H,13-17H2. The Kier molecular flexibility index (Phi) is 5.90. The molecule has 1 fully saturated rings. The lowest BCUT2D eigenvalue weighted by molar-refractivity contribution is 0.0712. The van der Waals surface area contributed by atoms with Crippen LogP contribution in [-0.4, -0.2) is 42.3 Å². The summed E-state index contributed by atoms with van der Waals surface area (Å²) in [6.45, 7) is 1.95. The first kappa shape index (κ1) is 21.0. The van der Waals surface area contributed by atoms with Crippen molar-refractivity contribution in [2.45, 2.75) is 18.9 Å². The first-order valence-electron chi connectivity index (χ1n) is 10.8. The Morgan fingerprint density at radius 1 is 0.844 bits per heavy atom. The summed E-state index contributed by atoms with van der Waals surface area (Å²) >= 11 is 12.5. The zero-order valence-electron chi connectivity index (χ0n) is 17.5. The van der Waals surface area contributed by atoms with E-state index >= 15 is 0 Å². The van der Waals surface area contributed by atoms with Crippen LogP contribution in [0.25, 0.3) is 0 Å². The lowest BCUT2D eigenvalue weighted by Crippen LogP contribution is -2.48. The molecule has 0 spiro atoms. The second-order valence-electron chi connectivity index (χ2n) is 8.12. The second kappa shape index (κ2) is 8.97. The van der Waals surface area contributed by atoms with Crippen LogP contribution in [0.2, 0.25) is 10.0 Å². The molecule has 0 saturated carbocycles. The summed E-state index contributed by atoms with van der Waals surface area (Å²) in [6, 6.07) is 24.3. The van der Waals surface area contributed by atoms with Gasteiger partial charge in [0.1, 0.15) is 6.67 Å². The van der Waals surface area contributed by atoms with E-state index in [0.717, 1.165) is 29.7 Å². The molecule has 0 unspecified atom stereocenters. The average Bonchev–Trinajstić information content (AvgIpc) is 2.84. The molecule has 6 heteroatoms. The molecule has 162 valence electrons. The molecule has 1 saturated heterocycles. The number of hydrogen-bond donors (Lipinski definition) is 0. The molecule has 4 nitrogen and oxygen atoms in total. The maximum Gasteiger partial charge on any atom is 0.256 e. The molecule has 1 amide bonds. The number of piperidine rings is 1. The van der Waals surface area contributed by atoms with Crippen molar-refractivity contribution < 1.29 is 4.79 Å². The van der Waals surface area contributed by atoms with E-state index in [0.29, 0.717) is 41.4 Å². The van der Waals surface area contributed by atoms with Crippen molar-refractivity contribution in [3.05, 3.63) is 99.5 Å². The third-order valence-electron chi connectivity index (χ3n) is 6.27. The smallest absolute Gasteiger partial charge is 0.256 e. The number of hydrogen-bond acceptors (Lipinski definition) is 3. The molecule has 0 radical (unpaired) electrons. The fraction of sp³-hybridized carbons (Fsp3) is 0.231. The minimum Gasteiger partial charge on any atom is -0.348 e. The average molecular weight is 464 g/mol. The van der Waals surface area contributed by atoms with Crippen molar-refractivity contribution in [2.75, 3.05) is 24.7 Å². The van der Waals surface area contributed by atoms with Gasteiger partial charge in [0.2, 0.25) is 0 Å². The molecule has 32 heavy (non-hydrogen) atoms. The summed E-state index contributed by atoms with van der Waals surface area (Å²) in [5.41, 5.74) is 4.94. The van der Waals surface area contributed by atoms with E-state index in [9.17, 15) is 4.79 Å².